The fraction of sp³-hybridized carbons (Fsp3) is 0.125. The quantitative estimate of drug-likeness (QED) is 0.659. The summed E-state index contributed by atoms with van der Waals surface area (Å²) in [5.41, 5.74) is -0.365. The van der Waals surface area contributed by atoms with Gasteiger partial charge in [-0.3, -0.25) is 10.1 Å². The molecule has 0 saturated carbocycles. The predicted octanol–water partition coefficient (Wildman–Crippen LogP) is 4.44. The lowest BCUT2D eigenvalue weighted by molar-refractivity contribution is -0.0501. The topological polar surface area (TPSA) is 60.5 Å². The van der Waals surface area contributed by atoms with Crippen LogP contribution >= 0.6 is 11.3 Å². The number of amides is 1. The SMILES string of the molecule is COc1ccc2nc(NC(=O)c3c(F)cc(OC(F)F)cc3F)sc2c1. The Bertz CT molecular complexity index is 954. The van der Waals surface area contributed by atoms with Crippen LogP contribution in [-0.2, 0) is 0 Å². The molecule has 0 aliphatic rings. The van der Waals surface area contributed by atoms with E-state index in [1.54, 1.807) is 18.2 Å². The third-order valence-electron chi connectivity index (χ3n) is 3.28. The first kappa shape index (κ1) is 17.9. The van der Waals surface area contributed by atoms with Crippen molar-refractivity contribution < 1.29 is 31.8 Å². The molecule has 3 rings (SSSR count). The van der Waals surface area contributed by atoms with Crippen molar-refractivity contribution in [2.75, 3.05) is 12.4 Å². The summed E-state index contributed by atoms with van der Waals surface area (Å²) in [5.74, 6) is -3.90. The number of thiazole rings is 1. The summed E-state index contributed by atoms with van der Waals surface area (Å²) in [6, 6.07) is 6.05. The Kier molecular flexibility index (Phi) is 4.94. The first-order valence-electron chi connectivity index (χ1n) is 7.07. The van der Waals surface area contributed by atoms with E-state index in [1.807, 2.05) is 0 Å². The average molecular weight is 386 g/mol. The largest absolute Gasteiger partial charge is 0.497 e. The Balaban J connectivity index is 1.86. The molecule has 10 heteroatoms. The molecule has 0 bridgehead atoms. The number of nitrogens with zero attached hydrogens (tertiary/aromatic N) is 1. The number of aromatic nitrogens is 1. The van der Waals surface area contributed by atoms with Crippen molar-refractivity contribution in [3.63, 3.8) is 0 Å². The summed E-state index contributed by atoms with van der Waals surface area (Å²) in [7, 11) is 1.50. The lowest BCUT2D eigenvalue weighted by atomic mass is 10.1. The molecule has 0 spiro atoms. The van der Waals surface area contributed by atoms with Crippen LogP contribution in [0, 0.1) is 11.6 Å². The van der Waals surface area contributed by atoms with E-state index >= 15 is 0 Å². The smallest absolute Gasteiger partial charge is 0.387 e. The van der Waals surface area contributed by atoms with Crippen LogP contribution in [0.4, 0.5) is 22.7 Å². The zero-order chi connectivity index (χ0) is 18.8. The van der Waals surface area contributed by atoms with Crippen molar-refractivity contribution in [2.45, 2.75) is 6.61 Å². The first-order valence-corrected chi connectivity index (χ1v) is 7.89. The molecule has 1 N–H and O–H groups in total. The zero-order valence-corrected chi connectivity index (χ0v) is 13.9. The van der Waals surface area contributed by atoms with Crippen LogP contribution < -0.4 is 14.8 Å². The molecule has 0 aliphatic carbocycles. The van der Waals surface area contributed by atoms with Crippen LogP contribution in [-0.4, -0.2) is 24.6 Å². The molecular weight excluding hydrogens is 376 g/mol. The van der Waals surface area contributed by atoms with E-state index in [4.69, 9.17) is 4.74 Å². The molecule has 3 aromatic rings. The normalized spacial score (nSPS) is 11.0. The van der Waals surface area contributed by atoms with Crippen LogP contribution in [0.25, 0.3) is 10.2 Å². The average Bonchev–Trinajstić information content (AvgIpc) is 2.94. The summed E-state index contributed by atoms with van der Waals surface area (Å²) in [4.78, 5) is 16.3. The van der Waals surface area contributed by atoms with Crippen LogP contribution in [0.1, 0.15) is 10.4 Å². The molecule has 0 saturated heterocycles. The Labute approximate surface area is 148 Å². The molecule has 0 fully saturated rings. The van der Waals surface area contributed by atoms with E-state index in [9.17, 15) is 22.4 Å². The Hall–Kier alpha value is -2.88. The van der Waals surface area contributed by atoms with Crippen LogP contribution in [0.15, 0.2) is 30.3 Å². The number of carbonyl (C=O) groups excluding carboxylic acids is 1. The summed E-state index contributed by atoms with van der Waals surface area (Å²) >= 11 is 1.08. The number of rotatable bonds is 5. The number of alkyl halides is 2. The number of ether oxygens (including phenoxy) is 2. The molecule has 1 heterocycles. The fourth-order valence-corrected chi connectivity index (χ4v) is 3.07. The molecule has 1 amide bonds. The summed E-state index contributed by atoms with van der Waals surface area (Å²) in [6.07, 6.45) is 0. The highest BCUT2D eigenvalue weighted by Gasteiger charge is 2.21. The molecule has 5 nitrogen and oxygen atoms in total. The van der Waals surface area contributed by atoms with E-state index in [1.165, 1.54) is 7.11 Å². The highest BCUT2D eigenvalue weighted by molar-refractivity contribution is 7.22. The summed E-state index contributed by atoms with van der Waals surface area (Å²) in [5, 5.41) is 2.40. The van der Waals surface area contributed by atoms with Crippen LogP contribution in [0.2, 0.25) is 0 Å². The van der Waals surface area contributed by atoms with Crippen LogP contribution in [0.5, 0.6) is 11.5 Å². The van der Waals surface area contributed by atoms with Gasteiger partial charge < -0.3 is 9.47 Å². The number of methoxy groups -OCH3 is 1. The third kappa shape index (κ3) is 3.69. The van der Waals surface area contributed by atoms with E-state index < -0.39 is 35.5 Å². The fourth-order valence-electron chi connectivity index (χ4n) is 2.18. The highest BCUT2D eigenvalue weighted by Crippen LogP contribution is 2.30. The van der Waals surface area contributed by atoms with Crippen molar-refractivity contribution in [3.05, 3.63) is 47.5 Å². The van der Waals surface area contributed by atoms with Gasteiger partial charge in [0.05, 0.1) is 17.3 Å². The van der Waals surface area contributed by atoms with Gasteiger partial charge >= 0.3 is 6.61 Å². The molecule has 0 atom stereocenters. The number of nitrogens with one attached hydrogen (secondary N) is 1. The Morgan fingerprint density at radius 1 is 1.15 bits per heavy atom. The second kappa shape index (κ2) is 7.16. The first-order chi connectivity index (χ1) is 12.4. The van der Waals surface area contributed by atoms with Crippen molar-refractivity contribution in [3.8, 4) is 11.5 Å². The summed E-state index contributed by atoms with van der Waals surface area (Å²) in [6.45, 7) is -3.24. The second-order valence-electron chi connectivity index (χ2n) is 4.95. The maximum Gasteiger partial charge on any atom is 0.387 e. The highest BCUT2D eigenvalue weighted by atomic mass is 32.1. The minimum Gasteiger partial charge on any atom is -0.497 e. The zero-order valence-electron chi connectivity index (χ0n) is 13.1. The van der Waals surface area contributed by atoms with Crippen molar-refractivity contribution in [1.82, 2.24) is 4.98 Å². The monoisotopic (exact) mass is 386 g/mol. The van der Waals surface area contributed by atoms with E-state index in [2.05, 4.69) is 15.0 Å². The minimum atomic E-state index is -3.24. The molecule has 0 aliphatic heterocycles. The van der Waals surface area contributed by atoms with Gasteiger partial charge in [0.15, 0.2) is 5.13 Å². The van der Waals surface area contributed by atoms with Gasteiger partial charge in [0, 0.05) is 12.1 Å². The van der Waals surface area contributed by atoms with Gasteiger partial charge in [-0.15, -0.1) is 0 Å². The Morgan fingerprint density at radius 3 is 2.46 bits per heavy atom. The molecular formula is C16H10F4N2O3S. The number of halogens is 4. The number of hydrogen-bond acceptors (Lipinski definition) is 5. The van der Waals surface area contributed by atoms with Crippen molar-refractivity contribution >= 4 is 32.6 Å². The van der Waals surface area contributed by atoms with Gasteiger partial charge in [0.2, 0.25) is 0 Å². The number of fused-ring (bicyclic) bond motifs is 1. The molecule has 136 valence electrons. The second-order valence-corrected chi connectivity index (χ2v) is 5.98. The lowest BCUT2D eigenvalue weighted by Gasteiger charge is -2.08. The van der Waals surface area contributed by atoms with Crippen LogP contribution in [0.3, 0.4) is 0 Å². The number of benzene rings is 2. The minimum absolute atomic E-state index is 0.116. The summed E-state index contributed by atoms with van der Waals surface area (Å²) < 4.78 is 61.9. The maximum absolute atomic E-state index is 14.0. The number of carbonyl (C=O) groups is 1. The van der Waals surface area contributed by atoms with Gasteiger partial charge in [-0.05, 0) is 18.2 Å². The van der Waals surface area contributed by atoms with Gasteiger partial charge in [-0.2, -0.15) is 8.78 Å². The predicted molar refractivity (Wildman–Crippen MR) is 87.1 cm³/mol. The third-order valence-corrected chi connectivity index (χ3v) is 4.22. The van der Waals surface area contributed by atoms with Gasteiger partial charge in [-0.1, -0.05) is 11.3 Å². The standard InChI is InChI=1S/C16H10F4N2O3S/c1-24-7-2-3-11-12(6-7)26-16(21-11)22-14(23)13-9(17)4-8(5-10(13)18)25-15(19)20/h2-6,15H,1H3,(H,21,22,23). The molecule has 26 heavy (non-hydrogen) atoms. The van der Waals surface area contributed by atoms with Crippen molar-refractivity contribution in [1.29, 1.82) is 0 Å². The van der Waals surface area contributed by atoms with Crippen molar-refractivity contribution in [2.24, 2.45) is 0 Å². The lowest BCUT2D eigenvalue weighted by Crippen LogP contribution is -2.16. The molecule has 0 radical (unpaired) electrons. The molecule has 0 unspecified atom stereocenters. The van der Waals surface area contributed by atoms with E-state index in [0.29, 0.717) is 28.1 Å². The van der Waals surface area contributed by atoms with E-state index in [0.717, 1.165) is 11.3 Å². The maximum atomic E-state index is 14.0. The van der Waals surface area contributed by atoms with E-state index in [-0.39, 0.29) is 5.13 Å². The number of anilines is 1. The number of hydrogen-bond donors (Lipinski definition) is 1. The molecule has 1 aromatic heterocycles. The molecule has 2 aromatic carbocycles. The van der Waals surface area contributed by atoms with Gasteiger partial charge in [0.25, 0.3) is 5.91 Å². The van der Waals surface area contributed by atoms with Gasteiger partial charge in [0.1, 0.15) is 28.7 Å². The Morgan fingerprint density at radius 2 is 1.85 bits per heavy atom. The van der Waals surface area contributed by atoms with Gasteiger partial charge in [-0.25, -0.2) is 13.8 Å².